The third-order valence-electron chi connectivity index (χ3n) is 3.92. The van der Waals surface area contributed by atoms with E-state index in [2.05, 4.69) is 34.9 Å². The number of hydrogen-bond acceptors (Lipinski definition) is 12. The maximum absolute atomic E-state index is 11.6. The minimum atomic E-state index is -0.711. The van der Waals surface area contributed by atoms with Crippen LogP contribution >= 0.6 is 47.0 Å². The summed E-state index contributed by atoms with van der Waals surface area (Å²) in [7, 11) is 2.88. The molecule has 0 unspecified atom stereocenters. The molecule has 3 aromatic rings. The fraction of sp³-hybridized carbons (Fsp3) is 0.300. The molecule has 1 aromatic carbocycles. The first-order valence-electron chi connectivity index (χ1n) is 9.83. The number of hydrogen-bond donors (Lipinski definition) is 1. The Morgan fingerprint density at radius 2 is 1.57 bits per heavy atom. The van der Waals surface area contributed by atoms with Gasteiger partial charge in [-0.3, -0.25) is 9.68 Å². The maximum atomic E-state index is 11.6. The summed E-state index contributed by atoms with van der Waals surface area (Å²) in [5.41, 5.74) is 4.75. The lowest BCUT2D eigenvalue weighted by Gasteiger charge is -2.19. The molecule has 35 heavy (non-hydrogen) atoms. The van der Waals surface area contributed by atoms with Gasteiger partial charge in [-0.25, -0.2) is 28.2 Å². The molecule has 0 aliphatic rings. The summed E-state index contributed by atoms with van der Waals surface area (Å²) in [6.07, 6.45) is 2.20. The van der Waals surface area contributed by atoms with Gasteiger partial charge < -0.3 is 4.98 Å². The Morgan fingerprint density at radius 3 is 2.06 bits per heavy atom. The predicted octanol–water partition coefficient (Wildman–Crippen LogP) is 5.77. The standard InChI is InChI=1S/C10H18N4O4S3.C10H7N3S/c1-7(19-5)11-17-9(15)13(3)21-14(4)10(16)18-12-8(2)20-6;1-2-4-8-7(3-1)12-10(13-8)9-5-14-6-11-9/h1-6H3;1-6H,(H,12,13)/b11-7-,12-8-;. The Balaban J connectivity index is 0.000000263. The summed E-state index contributed by atoms with van der Waals surface area (Å²) in [6, 6.07) is 7.97. The first kappa shape index (κ1) is 28.5. The van der Waals surface area contributed by atoms with E-state index in [0.29, 0.717) is 10.1 Å². The van der Waals surface area contributed by atoms with Crippen LogP contribution in [0.4, 0.5) is 9.59 Å². The number of oxime groups is 2. The third-order valence-corrected chi connectivity index (χ3v) is 6.62. The van der Waals surface area contributed by atoms with Crippen LogP contribution in [0.1, 0.15) is 13.8 Å². The molecular weight excluding hydrogens is 531 g/mol. The van der Waals surface area contributed by atoms with Crippen molar-refractivity contribution in [1.82, 2.24) is 23.6 Å². The van der Waals surface area contributed by atoms with Gasteiger partial charge in [-0.2, -0.15) is 0 Å². The molecule has 0 bridgehead atoms. The van der Waals surface area contributed by atoms with Crippen LogP contribution < -0.4 is 0 Å². The summed E-state index contributed by atoms with van der Waals surface area (Å²) in [4.78, 5) is 44.4. The number of benzene rings is 1. The quantitative estimate of drug-likeness (QED) is 0.137. The Kier molecular flexibility index (Phi) is 11.9. The van der Waals surface area contributed by atoms with Crippen molar-refractivity contribution in [1.29, 1.82) is 0 Å². The van der Waals surface area contributed by atoms with Gasteiger partial charge in [-0.15, -0.1) is 34.9 Å². The number of nitrogens with zero attached hydrogens (tertiary/aromatic N) is 6. The second kappa shape index (κ2) is 14.6. The van der Waals surface area contributed by atoms with E-state index >= 15 is 0 Å². The number of fused-ring (bicyclic) bond motifs is 1. The highest BCUT2D eigenvalue weighted by atomic mass is 32.2. The number of aromatic nitrogens is 3. The molecule has 0 fully saturated rings. The number of carbonyl (C=O) groups is 2. The lowest BCUT2D eigenvalue weighted by molar-refractivity contribution is 0.131. The highest BCUT2D eigenvalue weighted by Gasteiger charge is 2.19. The van der Waals surface area contributed by atoms with Crippen molar-refractivity contribution < 1.29 is 19.3 Å². The number of imidazole rings is 1. The van der Waals surface area contributed by atoms with Crippen LogP contribution in [0.2, 0.25) is 0 Å². The Morgan fingerprint density at radius 1 is 1.00 bits per heavy atom. The molecule has 2 amide bonds. The van der Waals surface area contributed by atoms with Crippen molar-refractivity contribution in [2.45, 2.75) is 13.8 Å². The molecule has 0 aliphatic heterocycles. The Labute approximate surface area is 220 Å². The van der Waals surface area contributed by atoms with E-state index in [-0.39, 0.29) is 0 Å². The number of aromatic amines is 1. The van der Waals surface area contributed by atoms with Crippen LogP contribution in [-0.2, 0) is 9.68 Å². The molecule has 0 spiro atoms. The SMILES string of the molecule is CS/C(C)=N\OC(=O)N(C)SN(C)C(=O)O/N=C(/C)SC.c1ccc2[nH]c(-c3cscn3)nc2c1. The average molecular weight is 556 g/mol. The zero-order valence-electron chi connectivity index (χ0n) is 19.9. The topological polar surface area (TPSA) is 125 Å². The molecule has 15 heteroatoms. The van der Waals surface area contributed by atoms with E-state index in [0.717, 1.165) is 43.3 Å². The molecular formula is C20H25N7O4S4. The lowest BCUT2D eigenvalue weighted by Crippen LogP contribution is -2.28. The minimum Gasteiger partial charge on any atom is -0.337 e. The first-order chi connectivity index (χ1) is 16.7. The van der Waals surface area contributed by atoms with Crippen LogP contribution in [0.3, 0.4) is 0 Å². The van der Waals surface area contributed by atoms with Gasteiger partial charge in [0.25, 0.3) is 0 Å². The summed E-state index contributed by atoms with van der Waals surface area (Å²) in [6.45, 7) is 3.42. The number of nitrogens with one attached hydrogen (secondary N) is 1. The van der Waals surface area contributed by atoms with E-state index < -0.39 is 12.2 Å². The van der Waals surface area contributed by atoms with Gasteiger partial charge in [0.15, 0.2) is 5.82 Å². The monoisotopic (exact) mass is 555 g/mol. The number of H-pyrrole nitrogens is 1. The Bertz CT molecular complexity index is 1100. The number of carbonyl (C=O) groups excluding carboxylic acids is 2. The van der Waals surface area contributed by atoms with Crippen LogP contribution in [0.15, 0.2) is 45.5 Å². The van der Waals surface area contributed by atoms with E-state index in [1.54, 1.807) is 25.2 Å². The Hall–Kier alpha value is -2.75. The van der Waals surface area contributed by atoms with Crippen molar-refractivity contribution in [3.05, 3.63) is 35.2 Å². The molecule has 11 nitrogen and oxygen atoms in total. The number of thioether (sulfide) groups is 2. The average Bonchev–Trinajstić information content (AvgIpc) is 3.55. The number of para-hydroxylation sites is 2. The summed E-state index contributed by atoms with van der Waals surface area (Å²) < 4.78 is 2.20. The van der Waals surface area contributed by atoms with Crippen LogP contribution in [0.25, 0.3) is 22.6 Å². The summed E-state index contributed by atoms with van der Waals surface area (Å²) in [5, 5.41) is 10.4. The largest absolute Gasteiger partial charge is 0.447 e. The van der Waals surface area contributed by atoms with Crippen LogP contribution in [0, 0.1) is 0 Å². The predicted molar refractivity (Wildman–Crippen MR) is 147 cm³/mol. The van der Waals surface area contributed by atoms with Gasteiger partial charge in [0.1, 0.15) is 15.8 Å². The smallest absolute Gasteiger partial charge is 0.337 e. The van der Waals surface area contributed by atoms with Gasteiger partial charge >= 0.3 is 12.2 Å². The van der Waals surface area contributed by atoms with Crippen molar-refractivity contribution in [2.75, 3.05) is 26.6 Å². The van der Waals surface area contributed by atoms with Crippen molar-refractivity contribution in [3.8, 4) is 11.5 Å². The fourth-order valence-corrected chi connectivity index (χ4v) is 3.38. The molecule has 3 rings (SSSR count). The molecule has 188 valence electrons. The van der Waals surface area contributed by atoms with E-state index in [9.17, 15) is 9.59 Å². The maximum Gasteiger partial charge on any atom is 0.447 e. The van der Waals surface area contributed by atoms with Gasteiger partial charge in [-0.1, -0.05) is 22.4 Å². The van der Waals surface area contributed by atoms with Crippen molar-refractivity contribution >= 4 is 80.3 Å². The zero-order valence-corrected chi connectivity index (χ0v) is 23.2. The molecule has 0 radical (unpaired) electrons. The summed E-state index contributed by atoms with van der Waals surface area (Å²) >= 11 is 5.08. The van der Waals surface area contributed by atoms with Gasteiger partial charge in [0, 0.05) is 19.5 Å². The molecule has 0 atom stereocenters. The van der Waals surface area contributed by atoms with Gasteiger partial charge in [-0.05, 0) is 38.5 Å². The highest BCUT2D eigenvalue weighted by molar-refractivity contribution is 8.13. The molecule has 1 N–H and O–H groups in total. The van der Waals surface area contributed by atoms with Crippen molar-refractivity contribution in [3.63, 3.8) is 0 Å². The molecule has 0 saturated carbocycles. The second-order valence-electron chi connectivity index (χ2n) is 6.40. The van der Waals surface area contributed by atoms with Crippen LogP contribution in [0.5, 0.6) is 0 Å². The third kappa shape index (κ3) is 9.43. The zero-order chi connectivity index (χ0) is 25.8. The normalized spacial score (nSPS) is 11.5. The molecule has 2 heterocycles. The summed E-state index contributed by atoms with van der Waals surface area (Å²) in [5.74, 6) is 0.840. The minimum absolute atomic E-state index is 0.608. The molecule has 0 aliphatic carbocycles. The molecule has 2 aromatic heterocycles. The van der Waals surface area contributed by atoms with E-state index in [1.807, 2.05) is 47.7 Å². The van der Waals surface area contributed by atoms with E-state index in [4.69, 9.17) is 0 Å². The first-order valence-corrected chi connectivity index (χ1v) is 13.9. The molecule has 0 saturated heterocycles. The lowest BCUT2D eigenvalue weighted by atomic mass is 10.3. The number of amides is 2. The van der Waals surface area contributed by atoms with E-state index in [1.165, 1.54) is 37.6 Å². The second-order valence-corrected chi connectivity index (χ2v) is 10.4. The van der Waals surface area contributed by atoms with Crippen LogP contribution in [-0.4, -0.2) is 72.4 Å². The number of rotatable bonds is 5. The number of thiazole rings is 1. The van der Waals surface area contributed by atoms with Gasteiger partial charge in [0.2, 0.25) is 0 Å². The fourth-order valence-electron chi connectivity index (χ4n) is 2.05. The van der Waals surface area contributed by atoms with Crippen molar-refractivity contribution in [2.24, 2.45) is 10.3 Å². The highest BCUT2D eigenvalue weighted by Crippen LogP contribution is 2.19. The van der Waals surface area contributed by atoms with Gasteiger partial charge in [0.05, 0.1) is 28.7 Å².